The van der Waals surface area contributed by atoms with Crippen LogP contribution in [0.1, 0.15) is 30.4 Å². The molecule has 30 heavy (non-hydrogen) atoms. The predicted molar refractivity (Wildman–Crippen MR) is 114 cm³/mol. The molecule has 0 aromatic heterocycles. The van der Waals surface area contributed by atoms with Crippen molar-refractivity contribution in [3.8, 4) is 11.5 Å². The first-order chi connectivity index (χ1) is 14.5. The summed E-state index contributed by atoms with van der Waals surface area (Å²) in [5.41, 5.74) is 1.59. The molecule has 1 aliphatic heterocycles. The van der Waals surface area contributed by atoms with Crippen LogP contribution in [0.15, 0.2) is 47.4 Å². The second-order valence-electron chi connectivity index (χ2n) is 7.17. The Labute approximate surface area is 178 Å². The Morgan fingerprint density at radius 3 is 2.37 bits per heavy atom. The van der Waals surface area contributed by atoms with Crippen LogP contribution in [0.25, 0.3) is 0 Å². The average Bonchev–Trinajstić information content (AvgIpc) is 3.32. The lowest BCUT2D eigenvalue weighted by molar-refractivity contribution is -0.121. The zero-order valence-electron chi connectivity index (χ0n) is 17.4. The van der Waals surface area contributed by atoms with Crippen LogP contribution >= 0.6 is 0 Å². The lowest BCUT2D eigenvalue weighted by Gasteiger charge is -2.17. The van der Waals surface area contributed by atoms with Crippen molar-refractivity contribution < 1.29 is 22.7 Å². The van der Waals surface area contributed by atoms with Crippen LogP contribution in [0.3, 0.4) is 0 Å². The van der Waals surface area contributed by atoms with Crippen LogP contribution in [-0.2, 0) is 27.8 Å². The Kier molecular flexibility index (Phi) is 7.33. The first-order valence-corrected chi connectivity index (χ1v) is 11.5. The third kappa shape index (κ3) is 5.12. The summed E-state index contributed by atoms with van der Waals surface area (Å²) in [4.78, 5) is 12.6. The van der Waals surface area contributed by atoms with Crippen LogP contribution in [0.4, 0.5) is 0 Å². The van der Waals surface area contributed by atoms with E-state index in [1.807, 2.05) is 24.3 Å². The summed E-state index contributed by atoms with van der Waals surface area (Å²) < 4.78 is 37.9. The van der Waals surface area contributed by atoms with E-state index in [2.05, 4.69) is 5.32 Å². The van der Waals surface area contributed by atoms with Crippen LogP contribution in [0, 0.1) is 0 Å². The smallest absolute Gasteiger partial charge is 0.243 e. The monoisotopic (exact) mass is 432 g/mol. The third-order valence-corrected chi connectivity index (χ3v) is 7.14. The Morgan fingerprint density at radius 2 is 1.67 bits per heavy atom. The molecule has 0 radical (unpaired) electrons. The topological polar surface area (TPSA) is 84.9 Å². The van der Waals surface area contributed by atoms with Crippen molar-refractivity contribution >= 4 is 15.9 Å². The van der Waals surface area contributed by atoms with E-state index in [0.717, 1.165) is 24.2 Å². The molecule has 162 valence electrons. The van der Waals surface area contributed by atoms with Gasteiger partial charge in [0.05, 0.1) is 19.1 Å². The second-order valence-corrected chi connectivity index (χ2v) is 9.11. The summed E-state index contributed by atoms with van der Waals surface area (Å²) in [6.45, 7) is 1.47. The number of rotatable bonds is 9. The molecule has 0 aliphatic carbocycles. The molecule has 0 atom stereocenters. The largest absolute Gasteiger partial charge is 0.496 e. The van der Waals surface area contributed by atoms with Crippen molar-refractivity contribution in [1.29, 1.82) is 0 Å². The van der Waals surface area contributed by atoms with Gasteiger partial charge in [0.2, 0.25) is 15.9 Å². The molecule has 1 saturated heterocycles. The highest BCUT2D eigenvalue weighted by Crippen LogP contribution is 2.27. The molecule has 1 fully saturated rings. The molecule has 2 aromatic rings. The Morgan fingerprint density at radius 1 is 1.00 bits per heavy atom. The number of nitrogens with zero attached hydrogens (tertiary/aromatic N) is 1. The van der Waals surface area contributed by atoms with Gasteiger partial charge in [-0.25, -0.2) is 8.42 Å². The molecule has 2 aromatic carbocycles. The minimum absolute atomic E-state index is 0.129. The van der Waals surface area contributed by atoms with Gasteiger partial charge in [0.1, 0.15) is 11.5 Å². The normalized spacial score (nSPS) is 14.5. The molecule has 1 N–H and O–H groups in total. The van der Waals surface area contributed by atoms with Crippen molar-refractivity contribution in [3.05, 3.63) is 53.6 Å². The van der Waals surface area contributed by atoms with Gasteiger partial charge in [-0.1, -0.05) is 18.2 Å². The molecule has 1 amide bonds. The number of benzene rings is 2. The van der Waals surface area contributed by atoms with E-state index >= 15 is 0 Å². The lowest BCUT2D eigenvalue weighted by atomic mass is 10.1. The number of methoxy groups -OCH3 is 2. The lowest BCUT2D eigenvalue weighted by Crippen LogP contribution is -2.28. The summed E-state index contributed by atoms with van der Waals surface area (Å²) in [5.74, 6) is 1.17. The number of para-hydroxylation sites is 1. The highest BCUT2D eigenvalue weighted by Gasteiger charge is 2.27. The molecule has 0 bridgehead atoms. The quantitative estimate of drug-likeness (QED) is 0.659. The summed E-state index contributed by atoms with van der Waals surface area (Å²) >= 11 is 0. The number of nitrogens with one attached hydrogen (secondary N) is 1. The van der Waals surface area contributed by atoms with Gasteiger partial charge < -0.3 is 14.8 Å². The van der Waals surface area contributed by atoms with E-state index in [9.17, 15) is 13.2 Å². The molecule has 0 spiro atoms. The van der Waals surface area contributed by atoms with E-state index in [4.69, 9.17) is 9.47 Å². The van der Waals surface area contributed by atoms with Gasteiger partial charge in [-0.15, -0.1) is 0 Å². The zero-order valence-corrected chi connectivity index (χ0v) is 18.2. The highest BCUT2D eigenvalue weighted by molar-refractivity contribution is 7.89. The van der Waals surface area contributed by atoms with Gasteiger partial charge in [0.15, 0.2) is 0 Å². The van der Waals surface area contributed by atoms with Gasteiger partial charge in [0, 0.05) is 31.6 Å². The number of hydrogen-bond acceptors (Lipinski definition) is 5. The van der Waals surface area contributed by atoms with E-state index in [-0.39, 0.29) is 17.2 Å². The van der Waals surface area contributed by atoms with Gasteiger partial charge in [-0.05, 0) is 49.1 Å². The summed E-state index contributed by atoms with van der Waals surface area (Å²) in [5, 5.41) is 2.88. The fourth-order valence-corrected chi connectivity index (χ4v) is 5.14. The maximum absolute atomic E-state index is 12.8. The van der Waals surface area contributed by atoms with Crippen molar-refractivity contribution in [1.82, 2.24) is 9.62 Å². The average molecular weight is 433 g/mol. The first-order valence-electron chi connectivity index (χ1n) is 10.0. The van der Waals surface area contributed by atoms with Gasteiger partial charge in [-0.2, -0.15) is 4.31 Å². The summed E-state index contributed by atoms with van der Waals surface area (Å²) in [7, 11) is -0.385. The maximum atomic E-state index is 12.8. The van der Waals surface area contributed by atoms with Gasteiger partial charge in [0.25, 0.3) is 0 Å². The van der Waals surface area contributed by atoms with Crippen LogP contribution in [-0.4, -0.2) is 45.9 Å². The Bertz CT molecular complexity index is 985. The molecule has 1 aliphatic rings. The Balaban J connectivity index is 1.66. The van der Waals surface area contributed by atoms with Crippen LogP contribution in [0.5, 0.6) is 11.5 Å². The van der Waals surface area contributed by atoms with E-state index in [0.29, 0.717) is 37.4 Å². The molecule has 1 heterocycles. The number of aryl methyl sites for hydroxylation is 1. The van der Waals surface area contributed by atoms with Gasteiger partial charge in [-0.3, -0.25) is 4.79 Å². The van der Waals surface area contributed by atoms with E-state index in [1.54, 1.807) is 25.3 Å². The molecule has 0 unspecified atom stereocenters. The number of amides is 1. The molecule has 0 saturated carbocycles. The standard InChI is InChI=1S/C22H28N2O5S/c1-28-20-8-4-3-7-18(20)16-23-22(25)12-9-17-15-19(10-11-21(17)29-2)30(26,27)24-13-5-6-14-24/h3-4,7-8,10-11,15H,5-6,9,12-14,16H2,1-2H3,(H,23,25). The number of sulfonamides is 1. The maximum Gasteiger partial charge on any atom is 0.243 e. The summed E-state index contributed by atoms with van der Waals surface area (Å²) in [6.07, 6.45) is 2.37. The number of ether oxygens (including phenoxy) is 2. The minimum atomic E-state index is -3.52. The van der Waals surface area contributed by atoms with Crippen molar-refractivity contribution in [2.75, 3.05) is 27.3 Å². The fraction of sp³-hybridized carbons (Fsp3) is 0.409. The zero-order chi connectivity index (χ0) is 21.6. The first kappa shape index (κ1) is 22.1. The SMILES string of the molecule is COc1ccc(S(=O)(=O)N2CCCC2)cc1CCC(=O)NCc1ccccc1OC. The van der Waals surface area contributed by atoms with Gasteiger partial charge >= 0.3 is 0 Å². The molecular weight excluding hydrogens is 404 g/mol. The predicted octanol–water partition coefficient (Wildman–Crippen LogP) is 2.74. The number of carbonyl (C=O) groups is 1. The van der Waals surface area contributed by atoms with E-state index < -0.39 is 10.0 Å². The third-order valence-electron chi connectivity index (χ3n) is 5.24. The molecule has 3 rings (SSSR count). The van der Waals surface area contributed by atoms with E-state index in [1.165, 1.54) is 11.4 Å². The van der Waals surface area contributed by atoms with Crippen molar-refractivity contribution in [2.24, 2.45) is 0 Å². The highest BCUT2D eigenvalue weighted by atomic mass is 32.2. The van der Waals surface area contributed by atoms with Crippen LogP contribution < -0.4 is 14.8 Å². The molecule has 8 heteroatoms. The summed E-state index contributed by atoms with van der Waals surface area (Å²) in [6, 6.07) is 12.4. The molecule has 7 nitrogen and oxygen atoms in total. The number of hydrogen-bond donors (Lipinski definition) is 1. The second kappa shape index (κ2) is 9.95. The van der Waals surface area contributed by atoms with Crippen LogP contribution in [0.2, 0.25) is 0 Å². The number of carbonyl (C=O) groups excluding carboxylic acids is 1. The molecular formula is C22H28N2O5S. The van der Waals surface area contributed by atoms with Crippen molar-refractivity contribution in [3.63, 3.8) is 0 Å². The van der Waals surface area contributed by atoms with Crippen molar-refractivity contribution in [2.45, 2.75) is 37.1 Å². The minimum Gasteiger partial charge on any atom is -0.496 e. The Hall–Kier alpha value is -2.58. The fourth-order valence-electron chi connectivity index (χ4n) is 3.57.